The summed E-state index contributed by atoms with van der Waals surface area (Å²) in [4.78, 5) is 32.3. The van der Waals surface area contributed by atoms with Gasteiger partial charge in [0.2, 0.25) is 5.91 Å². The van der Waals surface area contributed by atoms with Crippen LogP contribution in [0, 0.1) is 12.8 Å². The molecule has 1 atom stereocenters. The molecule has 0 saturated carbocycles. The third kappa shape index (κ3) is 4.96. The zero-order valence-corrected chi connectivity index (χ0v) is 20.0. The number of hydrazine groups is 1. The minimum absolute atomic E-state index is 0.0860. The third-order valence-electron chi connectivity index (χ3n) is 5.42. The van der Waals surface area contributed by atoms with E-state index in [4.69, 9.17) is 4.74 Å². The van der Waals surface area contributed by atoms with Crippen molar-refractivity contribution in [3.63, 3.8) is 0 Å². The van der Waals surface area contributed by atoms with Crippen LogP contribution < -0.4 is 15.8 Å². The van der Waals surface area contributed by atoms with E-state index in [0.717, 1.165) is 29.6 Å². The van der Waals surface area contributed by atoms with Crippen LogP contribution in [0.25, 0.3) is 0 Å². The van der Waals surface area contributed by atoms with Gasteiger partial charge in [-0.3, -0.25) is 20.4 Å². The number of nitrogens with zero attached hydrogens (tertiary/aromatic N) is 3. The van der Waals surface area contributed by atoms with Gasteiger partial charge in [-0.1, -0.05) is 17.4 Å². The molecule has 0 aromatic carbocycles. The van der Waals surface area contributed by atoms with Crippen molar-refractivity contribution >= 4 is 49.6 Å². The summed E-state index contributed by atoms with van der Waals surface area (Å²) in [6.07, 6.45) is 1.13. The summed E-state index contributed by atoms with van der Waals surface area (Å²) in [5, 5.41) is 2.46. The van der Waals surface area contributed by atoms with Gasteiger partial charge >= 0.3 is 0 Å². The molecule has 2 N–H and O–H groups in total. The number of piperidine rings is 1. The van der Waals surface area contributed by atoms with E-state index in [1.165, 1.54) is 15.6 Å². The largest absolute Gasteiger partial charge is 0.378 e. The van der Waals surface area contributed by atoms with Crippen LogP contribution in [0.5, 0.6) is 0 Å². The second-order valence-electron chi connectivity index (χ2n) is 7.59. The van der Waals surface area contributed by atoms with Crippen molar-refractivity contribution in [3.8, 4) is 0 Å². The molecule has 174 valence electrons. The average molecular weight is 500 g/mol. The molecule has 32 heavy (non-hydrogen) atoms. The Morgan fingerprint density at radius 2 is 2.00 bits per heavy atom. The summed E-state index contributed by atoms with van der Waals surface area (Å²) < 4.78 is 32.5. The van der Waals surface area contributed by atoms with Crippen LogP contribution in [-0.2, 0) is 19.6 Å². The molecule has 4 rings (SSSR count). The maximum atomic E-state index is 12.8. The molecule has 10 nitrogen and oxygen atoms in total. The highest BCUT2D eigenvalue weighted by Gasteiger charge is 2.34. The summed E-state index contributed by atoms with van der Waals surface area (Å²) >= 11 is 2.43. The zero-order valence-electron chi connectivity index (χ0n) is 17.6. The maximum Gasteiger partial charge on any atom is 0.281 e. The third-order valence-corrected chi connectivity index (χ3v) is 9.87. The van der Waals surface area contributed by atoms with Gasteiger partial charge in [-0.2, -0.15) is 4.31 Å². The number of carbonyl (C=O) groups is 2. The first-order chi connectivity index (χ1) is 15.4. The number of thiophene rings is 1. The van der Waals surface area contributed by atoms with Crippen molar-refractivity contribution in [2.45, 2.75) is 24.0 Å². The molecule has 4 heterocycles. The van der Waals surface area contributed by atoms with E-state index in [1.54, 1.807) is 24.4 Å². The number of aryl methyl sites for hydroxylation is 1. The molecular weight excluding hydrogens is 474 g/mol. The number of nitrogens with one attached hydrogen (secondary N) is 2. The Bertz CT molecular complexity index is 1060. The normalized spacial score (nSPS) is 20.2. The van der Waals surface area contributed by atoms with Crippen molar-refractivity contribution in [1.29, 1.82) is 0 Å². The lowest BCUT2D eigenvalue weighted by atomic mass is 9.99. The van der Waals surface area contributed by atoms with E-state index in [1.807, 2.05) is 0 Å². The average Bonchev–Trinajstić information content (AvgIpc) is 3.48. The Kier molecular flexibility index (Phi) is 7.10. The van der Waals surface area contributed by atoms with Gasteiger partial charge < -0.3 is 9.64 Å². The van der Waals surface area contributed by atoms with E-state index < -0.39 is 27.8 Å². The first kappa shape index (κ1) is 23.1. The Morgan fingerprint density at radius 3 is 2.72 bits per heavy atom. The monoisotopic (exact) mass is 499 g/mol. The highest BCUT2D eigenvalue weighted by atomic mass is 32.2. The number of rotatable bonds is 5. The van der Waals surface area contributed by atoms with Gasteiger partial charge in [0.15, 0.2) is 5.13 Å². The second-order valence-corrected chi connectivity index (χ2v) is 11.7. The molecular formula is C19H25N5O5S3. The van der Waals surface area contributed by atoms with E-state index in [-0.39, 0.29) is 10.8 Å². The molecule has 13 heteroatoms. The lowest BCUT2D eigenvalue weighted by molar-refractivity contribution is -0.126. The number of hydrogen-bond donors (Lipinski definition) is 2. The molecule has 2 aromatic rings. The van der Waals surface area contributed by atoms with E-state index in [9.17, 15) is 18.0 Å². The van der Waals surface area contributed by atoms with Crippen LogP contribution in [0.15, 0.2) is 21.7 Å². The van der Waals surface area contributed by atoms with Gasteiger partial charge in [-0.15, -0.1) is 11.3 Å². The summed E-state index contributed by atoms with van der Waals surface area (Å²) in [6, 6.07) is 3.25. The molecule has 0 spiro atoms. The van der Waals surface area contributed by atoms with E-state index in [2.05, 4.69) is 20.7 Å². The predicted octanol–water partition coefficient (Wildman–Crippen LogP) is 1.21. The number of sulfonamides is 1. The lowest BCUT2D eigenvalue weighted by Crippen LogP contribution is -2.49. The van der Waals surface area contributed by atoms with Gasteiger partial charge in [-0.25, -0.2) is 13.4 Å². The Balaban J connectivity index is 1.34. The van der Waals surface area contributed by atoms with Gasteiger partial charge in [0, 0.05) is 26.2 Å². The predicted molar refractivity (Wildman–Crippen MR) is 121 cm³/mol. The molecule has 2 amide bonds. The summed E-state index contributed by atoms with van der Waals surface area (Å²) in [7, 11) is -3.61. The van der Waals surface area contributed by atoms with Crippen molar-refractivity contribution in [1.82, 2.24) is 20.1 Å². The van der Waals surface area contributed by atoms with Crippen molar-refractivity contribution < 1.29 is 22.7 Å². The standard InChI is InChI=1S/C19H25N5O5S3/c1-13-16(31-19(20-13)23-7-9-29-10-8-23)18(26)22-21-17(25)14-4-2-6-24(12-14)32(27,28)15-5-3-11-30-15/h3,5,11,14H,2,4,6-10,12H2,1H3,(H,21,25)(H,22,26). The number of morpholine rings is 1. The summed E-state index contributed by atoms with van der Waals surface area (Å²) in [5.41, 5.74) is 5.51. The van der Waals surface area contributed by atoms with Gasteiger partial charge in [0.1, 0.15) is 9.09 Å². The van der Waals surface area contributed by atoms with Crippen LogP contribution in [0.1, 0.15) is 28.2 Å². The van der Waals surface area contributed by atoms with Crippen LogP contribution in [0.3, 0.4) is 0 Å². The molecule has 2 fully saturated rings. The molecule has 2 saturated heterocycles. The van der Waals surface area contributed by atoms with Crippen molar-refractivity contribution in [2.24, 2.45) is 5.92 Å². The summed E-state index contributed by atoms with van der Waals surface area (Å²) in [5.74, 6) is -1.38. The zero-order chi connectivity index (χ0) is 22.7. The number of anilines is 1. The van der Waals surface area contributed by atoms with Gasteiger partial charge in [0.25, 0.3) is 15.9 Å². The Hall–Kier alpha value is -2.06. The number of carbonyl (C=O) groups excluding carboxylic acids is 2. The Labute approximate surface area is 194 Å². The minimum Gasteiger partial charge on any atom is -0.378 e. The lowest BCUT2D eigenvalue weighted by Gasteiger charge is -2.30. The Morgan fingerprint density at radius 1 is 1.22 bits per heavy atom. The fourth-order valence-electron chi connectivity index (χ4n) is 3.67. The molecule has 2 aliphatic heterocycles. The highest BCUT2D eigenvalue weighted by molar-refractivity contribution is 7.91. The fraction of sp³-hybridized carbons (Fsp3) is 0.526. The molecule has 2 aromatic heterocycles. The molecule has 0 bridgehead atoms. The van der Waals surface area contributed by atoms with Gasteiger partial charge in [-0.05, 0) is 31.2 Å². The first-order valence-corrected chi connectivity index (χ1v) is 13.4. The van der Waals surface area contributed by atoms with Crippen LogP contribution in [0.2, 0.25) is 0 Å². The molecule has 1 unspecified atom stereocenters. The van der Waals surface area contributed by atoms with Crippen LogP contribution in [0.4, 0.5) is 5.13 Å². The van der Waals surface area contributed by atoms with Crippen LogP contribution in [-0.4, -0.2) is 68.9 Å². The number of hydrogen-bond acceptors (Lipinski definition) is 9. The smallest absolute Gasteiger partial charge is 0.281 e. The minimum atomic E-state index is -3.61. The first-order valence-electron chi connectivity index (χ1n) is 10.3. The quantitative estimate of drug-likeness (QED) is 0.593. The van der Waals surface area contributed by atoms with Gasteiger partial charge in [0.05, 0.1) is 24.8 Å². The van der Waals surface area contributed by atoms with Crippen molar-refractivity contribution in [2.75, 3.05) is 44.3 Å². The van der Waals surface area contributed by atoms with Crippen LogP contribution >= 0.6 is 22.7 Å². The molecule has 2 aliphatic rings. The fourth-order valence-corrected chi connectivity index (χ4v) is 7.35. The maximum absolute atomic E-state index is 12.8. The molecule has 0 radical (unpaired) electrons. The summed E-state index contributed by atoms with van der Waals surface area (Å²) in [6.45, 7) is 4.90. The number of thiazole rings is 1. The van der Waals surface area contributed by atoms with E-state index in [0.29, 0.717) is 43.2 Å². The topological polar surface area (TPSA) is 121 Å². The van der Waals surface area contributed by atoms with Crippen molar-refractivity contribution in [3.05, 3.63) is 28.1 Å². The molecule has 0 aliphatic carbocycles. The number of ether oxygens (including phenoxy) is 1. The van der Waals surface area contributed by atoms with E-state index >= 15 is 0 Å². The number of amides is 2. The highest BCUT2D eigenvalue weighted by Crippen LogP contribution is 2.28. The number of aromatic nitrogens is 1. The SMILES string of the molecule is Cc1nc(N2CCOCC2)sc1C(=O)NNC(=O)C1CCCN(S(=O)(=O)c2cccs2)C1. The second kappa shape index (κ2) is 9.83.